The van der Waals surface area contributed by atoms with E-state index in [-0.39, 0.29) is 15.3 Å². The van der Waals surface area contributed by atoms with Crippen LogP contribution in [-0.2, 0) is 17.8 Å². The number of rotatable bonds is 5. The van der Waals surface area contributed by atoms with Gasteiger partial charge in [-0.2, -0.15) is 22.0 Å². The topological polar surface area (TPSA) is 51.5 Å². The van der Waals surface area contributed by atoms with Crippen molar-refractivity contribution in [2.75, 3.05) is 6.61 Å². The average Bonchev–Trinajstić information content (AvgIpc) is 2.76. The van der Waals surface area contributed by atoms with Gasteiger partial charge >= 0.3 is 18.1 Å². The summed E-state index contributed by atoms with van der Waals surface area (Å²) in [6.07, 6.45) is -5.99. The summed E-state index contributed by atoms with van der Waals surface area (Å²) in [6, 6.07) is 1.44. The van der Waals surface area contributed by atoms with Crippen LogP contribution in [-0.4, -0.2) is 28.4 Å². The summed E-state index contributed by atoms with van der Waals surface area (Å²) in [5.74, 6) is -8.32. The lowest BCUT2D eigenvalue weighted by molar-refractivity contribution is -0.291. The van der Waals surface area contributed by atoms with Gasteiger partial charge in [-0.15, -0.1) is 0 Å². The fraction of sp³-hybridized carbons (Fsp3) is 0.267. The van der Waals surface area contributed by atoms with E-state index in [1.807, 2.05) is 0 Å². The predicted molar refractivity (Wildman–Crippen MR) is 88.9 cm³/mol. The Kier molecular flexibility index (Phi) is 6.08. The van der Waals surface area contributed by atoms with Gasteiger partial charge in [0.25, 0.3) is 0 Å². The fourth-order valence-corrected chi connectivity index (χ4v) is 3.28. The Morgan fingerprint density at radius 1 is 1.18 bits per heavy atom. The molecule has 154 valence electrons. The first-order valence-corrected chi connectivity index (χ1v) is 8.16. The van der Waals surface area contributed by atoms with Crippen LogP contribution in [0.4, 0.5) is 26.3 Å². The summed E-state index contributed by atoms with van der Waals surface area (Å²) in [7, 11) is 0.794. The first-order chi connectivity index (χ1) is 12.7. The molecule has 0 saturated carbocycles. The molecule has 0 aliphatic heterocycles. The number of carbonyl (C=O) groups is 1. The summed E-state index contributed by atoms with van der Waals surface area (Å²) in [5, 5.41) is 6.40. The van der Waals surface area contributed by atoms with E-state index < -0.39 is 57.5 Å². The van der Waals surface area contributed by atoms with E-state index in [2.05, 4.69) is 0 Å². The number of carboxylic acids is 1. The van der Waals surface area contributed by atoms with E-state index in [1.54, 1.807) is 0 Å². The molecular weight excluding hydrogens is 463 g/mol. The van der Waals surface area contributed by atoms with Crippen LogP contribution >= 0.6 is 34.8 Å². The van der Waals surface area contributed by atoms with Crippen LogP contribution in [0.5, 0.6) is 5.75 Å². The molecule has 0 spiro atoms. The number of benzene rings is 1. The number of nitrogens with zero attached hydrogens (tertiary/aromatic N) is 1. The molecule has 1 heterocycles. The van der Waals surface area contributed by atoms with Crippen LogP contribution in [0.15, 0.2) is 12.1 Å². The summed E-state index contributed by atoms with van der Waals surface area (Å²) >= 11 is 17.3. The molecule has 1 aromatic carbocycles. The van der Waals surface area contributed by atoms with Crippen molar-refractivity contribution in [3.63, 3.8) is 0 Å². The van der Waals surface area contributed by atoms with Gasteiger partial charge in [0.2, 0.25) is 0 Å². The van der Waals surface area contributed by atoms with Gasteiger partial charge in [-0.05, 0) is 12.1 Å². The summed E-state index contributed by atoms with van der Waals surface area (Å²) in [6.45, 7) is -0.877. The van der Waals surface area contributed by atoms with Crippen molar-refractivity contribution >= 4 is 40.8 Å². The molecule has 0 aliphatic rings. The smallest absolute Gasteiger partial charge is 0.459 e. The van der Waals surface area contributed by atoms with E-state index in [0.29, 0.717) is 6.07 Å². The Balaban J connectivity index is 2.72. The highest BCUT2D eigenvalue weighted by Gasteiger charge is 2.61. The molecule has 0 fully saturated rings. The number of hydrogen-bond donors (Lipinski definition) is 1. The second-order valence-corrected chi connectivity index (χ2v) is 6.55. The number of aromatic nitrogens is 1. The molecule has 1 N–H and O–H groups in total. The van der Waals surface area contributed by atoms with E-state index in [4.69, 9.17) is 44.6 Å². The van der Waals surface area contributed by atoms with Crippen LogP contribution in [0.25, 0.3) is 11.1 Å². The number of alkyl halides is 5. The number of aliphatic carboxylic acids is 1. The van der Waals surface area contributed by atoms with E-state index in [0.717, 1.165) is 13.1 Å². The maximum Gasteiger partial charge on any atom is 0.459 e. The number of hydrogen-bond acceptors (Lipinski definition) is 2. The van der Waals surface area contributed by atoms with Crippen LogP contribution in [0, 0.1) is 5.82 Å². The second kappa shape index (κ2) is 7.57. The third-order valence-corrected chi connectivity index (χ3v) is 4.66. The van der Waals surface area contributed by atoms with Gasteiger partial charge in [-0.3, -0.25) is 0 Å². The third kappa shape index (κ3) is 3.85. The molecule has 0 bridgehead atoms. The van der Waals surface area contributed by atoms with Crippen molar-refractivity contribution in [3.8, 4) is 16.9 Å². The molecule has 2 rings (SSSR count). The van der Waals surface area contributed by atoms with Crippen LogP contribution < -0.4 is 4.74 Å². The van der Waals surface area contributed by atoms with Gasteiger partial charge in [0, 0.05) is 18.2 Å². The van der Waals surface area contributed by atoms with Crippen LogP contribution in [0.3, 0.4) is 0 Å². The minimum absolute atomic E-state index is 0.276. The Morgan fingerprint density at radius 3 is 2.25 bits per heavy atom. The van der Waals surface area contributed by atoms with E-state index >= 15 is 0 Å². The molecule has 2 aromatic rings. The van der Waals surface area contributed by atoms with Crippen molar-refractivity contribution < 1.29 is 41.0 Å². The molecule has 4 nitrogen and oxygen atoms in total. The molecular formula is C15H8Cl3F6NO3. The Bertz CT molecular complexity index is 942. The zero-order valence-corrected chi connectivity index (χ0v) is 15.7. The van der Waals surface area contributed by atoms with Gasteiger partial charge in [-0.1, -0.05) is 34.8 Å². The lowest BCUT2D eigenvalue weighted by Gasteiger charge is -2.20. The zero-order chi connectivity index (χ0) is 21.6. The molecule has 0 saturated heterocycles. The largest absolute Gasteiger partial charge is 0.480 e. The fourth-order valence-electron chi connectivity index (χ4n) is 2.30. The van der Waals surface area contributed by atoms with E-state index in [9.17, 15) is 31.1 Å². The quantitative estimate of drug-likeness (QED) is 0.553. The molecule has 0 amide bonds. The SMILES string of the molecule is Cn1c(Cl)c(-c2cc(OCC(=O)O)c(Cl)cc2F)c(Cl)c1C(F)(F)C(F)(F)F. The summed E-state index contributed by atoms with van der Waals surface area (Å²) in [4.78, 5) is 10.6. The van der Waals surface area contributed by atoms with E-state index in [1.165, 1.54) is 0 Å². The normalized spacial score (nSPS) is 12.4. The third-order valence-electron chi connectivity index (χ3n) is 3.56. The predicted octanol–water partition coefficient (Wildman–Crippen LogP) is 5.91. The summed E-state index contributed by atoms with van der Waals surface area (Å²) < 4.78 is 85.5. The number of carboxylic acid groups (broad SMARTS) is 1. The van der Waals surface area contributed by atoms with Crippen molar-refractivity contribution in [1.82, 2.24) is 4.57 Å². The maximum atomic E-state index is 14.4. The summed E-state index contributed by atoms with van der Waals surface area (Å²) in [5.41, 5.74) is -2.97. The molecule has 13 heteroatoms. The Labute approximate surface area is 168 Å². The molecule has 0 atom stereocenters. The number of halogens is 9. The van der Waals surface area contributed by atoms with Gasteiger partial charge in [0.15, 0.2) is 6.61 Å². The second-order valence-electron chi connectivity index (χ2n) is 5.40. The van der Waals surface area contributed by atoms with Gasteiger partial charge in [0.1, 0.15) is 22.4 Å². The van der Waals surface area contributed by atoms with Crippen molar-refractivity contribution in [2.45, 2.75) is 12.1 Å². The Hall–Kier alpha value is -1.78. The molecule has 0 aliphatic carbocycles. The minimum atomic E-state index is -5.99. The monoisotopic (exact) mass is 469 g/mol. The highest BCUT2D eigenvalue weighted by atomic mass is 35.5. The van der Waals surface area contributed by atoms with Crippen molar-refractivity contribution in [3.05, 3.63) is 38.8 Å². The number of ether oxygens (including phenoxy) is 1. The lowest BCUT2D eigenvalue weighted by atomic mass is 10.1. The standard InChI is InChI=1S/C15H8Cl3F6NO3/c1-25-12(14(20,21)15(22,23)24)11(17)10(13(25)18)5-2-8(28-4-9(26)27)6(16)3-7(5)19/h2-3H,4H2,1H3,(H,26,27). The highest BCUT2D eigenvalue weighted by molar-refractivity contribution is 6.40. The first kappa shape index (κ1) is 22.5. The minimum Gasteiger partial charge on any atom is -0.480 e. The zero-order valence-electron chi connectivity index (χ0n) is 13.5. The average molecular weight is 471 g/mol. The molecule has 28 heavy (non-hydrogen) atoms. The lowest BCUT2D eigenvalue weighted by Crippen LogP contribution is -2.35. The van der Waals surface area contributed by atoms with Gasteiger partial charge < -0.3 is 14.4 Å². The molecule has 0 unspecified atom stereocenters. The van der Waals surface area contributed by atoms with Gasteiger partial charge in [0.05, 0.1) is 10.0 Å². The van der Waals surface area contributed by atoms with Crippen molar-refractivity contribution in [1.29, 1.82) is 0 Å². The van der Waals surface area contributed by atoms with Crippen molar-refractivity contribution in [2.24, 2.45) is 7.05 Å². The molecule has 0 radical (unpaired) electrons. The highest BCUT2D eigenvalue weighted by Crippen LogP contribution is 2.52. The van der Waals surface area contributed by atoms with Crippen LogP contribution in [0.2, 0.25) is 15.2 Å². The first-order valence-electron chi connectivity index (χ1n) is 7.02. The Morgan fingerprint density at radius 2 is 1.75 bits per heavy atom. The molecule has 1 aromatic heterocycles. The van der Waals surface area contributed by atoms with Crippen LogP contribution in [0.1, 0.15) is 5.69 Å². The maximum absolute atomic E-state index is 14.4. The van der Waals surface area contributed by atoms with Gasteiger partial charge in [-0.25, -0.2) is 9.18 Å².